The number of halogens is 1. The molecule has 0 aliphatic rings. The third-order valence-corrected chi connectivity index (χ3v) is 7.80. The fourth-order valence-corrected chi connectivity index (χ4v) is 5.24. The lowest BCUT2D eigenvalue weighted by atomic mass is 10.1. The van der Waals surface area contributed by atoms with Crippen molar-refractivity contribution < 1.29 is 22.7 Å². The molecule has 4 rings (SSSR count). The van der Waals surface area contributed by atoms with Crippen LogP contribution >= 0.6 is 27.3 Å². The molecule has 0 bridgehead atoms. The van der Waals surface area contributed by atoms with Crippen molar-refractivity contribution in [1.29, 1.82) is 0 Å². The number of benzene rings is 3. The highest BCUT2D eigenvalue weighted by atomic mass is 79.9. The molecule has 0 unspecified atom stereocenters. The number of thiazole rings is 1. The Hall–Kier alpha value is -4.00. The molecule has 9 nitrogen and oxygen atoms in total. The van der Waals surface area contributed by atoms with Crippen molar-refractivity contribution in [1.82, 2.24) is 10.3 Å². The number of sulfonamides is 1. The number of amides is 2. The zero-order valence-electron chi connectivity index (χ0n) is 19.8. The van der Waals surface area contributed by atoms with Gasteiger partial charge in [0.25, 0.3) is 21.8 Å². The zero-order chi connectivity index (χ0) is 27.1. The molecule has 0 atom stereocenters. The summed E-state index contributed by atoms with van der Waals surface area (Å²) in [6.45, 7) is 0. The second-order valence-corrected chi connectivity index (χ2v) is 11.2. The summed E-state index contributed by atoms with van der Waals surface area (Å²) in [4.78, 5) is 30.0. The zero-order valence-corrected chi connectivity index (χ0v) is 23.1. The number of ether oxygens (including phenoxy) is 1. The lowest BCUT2D eigenvalue weighted by molar-refractivity contribution is -0.113. The number of nitrogens with one attached hydrogen (secondary N) is 3. The maximum absolute atomic E-state index is 13.2. The van der Waals surface area contributed by atoms with E-state index in [0.717, 1.165) is 15.8 Å². The minimum atomic E-state index is -3.84. The van der Waals surface area contributed by atoms with E-state index in [1.807, 2.05) is 12.1 Å². The molecule has 0 saturated heterocycles. The first-order chi connectivity index (χ1) is 18.2. The van der Waals surface area contributed by atoms with Crippen LogP contribution in [0.1, 0.15) is 15.9 Å². The molecule has 0 aliphatic heterocycles. The van der Waals surface area contributed by atoms with Gasteiger partial charge < -0.3 is 15.4 Å². The maximum atomic E-state index is 13.2. The summed E-state index contributed by atoms with van der Waals surface area (Å²) in [5.74, 6) is -0.482. The lowest BCUT2D eigenvalue weighted by Gasteiger charge is -2.12. The largest absolute Gasteiger partial charge is 0.497 e. The van der Waals surface area contributed by atoms with Gasteiger partial charge in [-0.1, -0.05) is 28.1 Å². The minimum absolute atomic E-state index is 0.00383. The van der Waals surface area contributed by atoms with Crippen LogP contribution in [0, 0.1) is 0 Å². The lowest BCUT2D eigenvalue weighted by Crippen LogP contribution is -2.30. The fraction of sp³-hybridized carbons (Fsp3) is 0.0385. The average molecular weight is 614 g/mol. The number of aromatic nitrogens is 1. The predicted octanol–water partition coefficient (Wildman–Crippen LogP) is 5.12. The number of rotatable bonds is 9. The third-order valence-electron chi connectivity index (χ3n) is 5.10. The van der Waals surface area contributed by atoms with Crippen LogP contribution in [0.4, 0.5) is 10.8 Å². The van der Waals surface area contributed by atoms with E-state index in [-0.39, 0.29) is 15.7 Å². The third kappa shape index (κ3) is 7.06. The van der Waals surface area contributed by atoms with Crippen LogP contribution in [-0.2, 0) is 14.8 Å². The van der Waals surface area contributed by atoms with Crippen molar-refractivity contribution in [2.45, 2.75) is 4.90 Å². The van der Waals surface area contributed by atoms with E-state index in [1.54, 1.807) is 47.9 Å². The summed E-state index contributed by atoms with van der Waals surface area (Å²) in [5.41, 5.74) is 1.35. The first kappa shape index (κ1) is 27.0. The molecule has 4 aromatic rings. The van der Waals surface area contributed by atoms with Gasteiger partial charge in [0.2, 0.25) is 0 Å². The van der Waals surface area contributed by atoms with E-state index in [0.29, 0.717) is 22.6 Å². The Morgan fingerprint density at radius 3 is 2.26 bits per heavy atom. The van der Waals surface area contributed by atoms with Gasteiger partial charge in [-0.2, -0.15) is 0 Å². The SMILES string of the molecule is COc1ccc(C(=O)N/C(=C/c2ccc(Br)cc2)C(=O)Nc2ccc(S(=O)(=O)Nc3nccs3)cc2)cc1. The molecule has 194 valence electrons. The quantitative estimate of drug-likeness (QED) is 0.225. The van der Waals surface area contributed by atoms with Crippen LogP contribution < -0.4 is 20.1 Å². The van der Waals surface area contributed by atoms with Crippen molar-refractivity contribution >= 4 is 66.0 Å². The molecule has 1 heterocycles. The Morgan fingerprint density at radius 1 is 0.974 bits per heavy atom. The second-order valence-electron chi connectivity index (χ2n) is 7.71. The topological polar surface area (TPSA) is 126 Å². The molecule has 38 heavy (non-hydrogen) atoms. The Balaban J connectivity index is 1.53. The second kappa shape index (κ2) is 12.0. The summed E-state index contributed by atoms with van der Waals surface area (Å²) >= 11 is 4.53. The number of hydrogen-bond acceptors (Lipinski definition) is 7. The number of hydrogen-bond donors (Lipinski definition) is 3. The summed E-state index contributed by atoms with van der Waals surface area (Å²) in [7, 11) is -2.31. The number of methoxy groups -OCH3 is 1. The predicted molar refractivity (Wildman–Crippen MR) is 151 cm³/mol. The average Bonchev–Trinajstić information content (AvgIpc) is 3.42. The van der Waals surface area contributed by atoms with Gasteiger partial charge in [-0.15, -0.1) is 11.3 Å². The van der Waals surface area contributed by atoms with E-state index in [4.69, 9.17) is 4.74 Å². The van der Waals surface area contributed by atoms with E-state index in [2.05, 4.69) is 36.3 Å². The smallest absolute Gasteiger partial charge is 0.272 e. The number of carbonyl (C=O) groups excluding carboxylic acids is 2. The van der Waals surface area contributed by atoms with Crippen LogP contribution in [-0.4, -0.2) is 32.3 Å². The molecule has 1 aromatic heterocycles. The highest BCUT2D eigenvalue weighted by molar-refractivity contribution is 9.10. The molecule has 0 saturated carbocycles. The molecule has 3 aromatic carbocycles. The Morgan fingerprint density at radius 2 is 1.66 bits per heavy atom. The normalized spacial score (nSPS) is 11.5. The molecule has 0 spiro atoms. The molecule has 12 heteroatoms. The van der Waals surface area contributed by atoms with Gasteiger partial charge in [0.05, 0.1) is 12.0 Å². The van der Waals surface area contributed by atoms with Crippen molar-refractivity contribution in [3.63, 3.8) is 0 Å². The highest BCUT2D eigenvalue weighted by Gasteiger charge is 2.18. The van der Waals surface area contributed by atoms with Gasteiger partial charge in [0.15, 0.2) is 5.13 Å². The first-order valence-corrected chi connectivity index (χ1v) is 14.2. The standard InChI is InChI=1S/C26H21BrN4O5S2/c1-36-21-10-4-18(5-11-21)24(32)30-23(16-17-2-6-19(27)7-3-17)25(33)29-20-8-12-22(13-9-20)38(34,35)31-26-28-14-15-37-26/h2-16H,1H3,(H,28,31)(H,29,33)(H,30,32)/b23-16+. The molecule has 2 amide bonds. The monoisotopic (exact) mass is 612 g/mol. The fourth-order valence-electron chi connectivity index (χ4n) is 3.18. The maximum Gasteiger partial charge on any atom is 0.272 e. The van der Waals surface area contributed by atoms with Gasteiger partial charge in [0, 0.05) is 27.3 Å². The summed E-state index contributed by atoms with van der Waals surface area (Å²) < 4.78 is 33.5. The van der Waals surface area contributed by atoms with Crippen LogP contribution in [0.5, 0.6) is 5.75 Å². The van der Waals surface area contributed by atoms with Crippen LogP contribution in [0.25, 0.3) is 6.08 Å². The van der Waals surface area contributed by atoms with Crippen LogP contribution in [0.3, 0.4) is 0 Å². The summed E-state index contributed by atoms with van der Waals surface area (Å²) in [6.07, 6.45) is 3.04. The van der Waals surface area contributed by atoms with Gasteiger partial charge in [0.1, 0.15) is 11.4 Å². The molecule has 0 aliphatic carbocycles. The van der Waals surface area contributed by atoms with Gasteiger partial charge >= 0.3 is 0 Å². The highest BCUT2D eigenvalue weighted by Crippen LogP contribution is 2.20. The Bertz CT molecular complexity index is 1550. The molecular formula is C26H21BrN4O5S2. The molecule has 0 fully saturated rings. The van der Waals surface area contributed by atoms with Crippen molar-refractivity contribution in [3.8, 4) is 5.75 Å². The Labute approximate surface area is 231 Å². The van der Waals surface area contributed by atoms with Gasteiger partial charge in [-0.25, -0.2) is 13.4 Å². The summed E-state index contributed by atoms with van der Waals surface area (Å²) in [6, 6.07) is 19.3. The van der Waals surface area contributed by atoms with E-state index >= 15 is 0 Å². The minimum Gasteiger partial charge on any atom is -0.497 e. The molecule has 0 radical (unpaired) electrons. The van der Waals surface area contributed by atoms with E-state index in [1.165, 1.54) is 37.6 Å². The van der Waals surface area contributed by atoms with E-state index < -0.39 is 21.8 Å². The molecular weight excluding hydrogens is 592 g/mol. The molecule has 3 N–H and O–H groups in total. The first-order valence-electron chi connectivity index (χ1n) is 11.0. The number of carbonyl (C=O) groups is 2. The van der Waals surface area contributed by atoms with Gasteiger partial charge in [-0.3, -0.25) is 14.3 Å². The number of anilines is 2. The van der Waals surface area contributed by atoms with Crippen molar-refractivity contribution in [2.75, 3.05) is 17.1 Å². The van der Waals surface area contributed by atoms with Crippen LogP contribution in [0.15, 0.2) is 99.4 Å². The Kier molecular flexibility index (Phi) is 8.56. The summed E-state index contributed by atoms with van der Waals surface area (Å²) in [5, 5.41) is 7.26. The van der Waals surface area contributed by atoms with Crippen molar-refractivity contribution in [2.24, 2.45) is 0 Å². The van der Waals surface area contributed by atoms with E-state index in [9.17, 15) is 18.0 Å². The van der Waals surface area contributed by atoms with Crippen LogP contribution in [0.2, 0.25) is 0 Å². The van der Waals surface area contributed by atoms with Crippen molar-refractivity contribution in [3.05, 3.63) is 106 Å². The van der Waals surface area contributed by atoms with Gasteiger partial charge in [-0.05, 0) is 72.3 Å². The number of nitrogens with zero attached hydrogens (tertiary/aromatic N) is 1.